The summed E-state index contributed by atoms with van der Waals surface area (Å²) in [5.41, 5.74) is 2.18. The van der Waals surface area contributed by atoms with E-state index in [2.05, 4.69) is 21.2 Å². The van der Waals surface area contributed by atoms with Crippen LogP contribution in [0, 0.1) is 6.92 Å². The van der Waals surface area contributed by atoms with Gasteiger partial charge < -0.3 is 10.1 Å². The highest BCUT2D eigenvalue weighted by molar-refractivity contribution is 9.10. The highest BCUT2D eigenvalue weighted by Gasteiger charge is 2.15. The number of carbonyl (C=O) groups is 2. The molecule has 108 valence electrons. The molecule has 0 aliphatic heterocycles. The molecule has 0 radical (unpaired) electrons. The summed E-state index contributed by atoms with van der Waals surface area (Å²) in [5.74, 6) is -0.770. The summed E-state index contributed by atoms with van der Waals surface area (Å²) in [6.07, 6.45) is 0. The second-order valence-corrected chi connectivity index (χ2v) is 5.42. The van der Waals surface area contributed by atoms with Gasteiger partial charge in [-0.2, -0.15) is 0 Å². The fourth-order valence-corrected chi connectivity index (χ4v) is 2.27. The van der Waals surface area contributed by atoms with Crippen molar-refractivity contribution in [3.8, 4) is 0 Å². The lowest BCUT2D eigenvalue weighted by Gasteiger charge is -2.11. The van der Waals surface area contributed by atoms with Gasteiger partial charge in [-0.15, -0.1) is 0 Å². The molecule has 21 heavy (non-hydrogen) atoms. The number of methoxy groups -OCH3 is 1. The number of ether oxygens (including phenoxy) is 1. The highest BCUT2D eigenvalue weighted by Crippen LogP contribution is 2.20. The van der Waals surface area contributed by atoms with E-state index in [4.69, 9.17) is 4.74 Å². The van der Waals surface area contributed by atoms with E-state index < -0.39 is 5.97 Å². The Hall–Kier alpha value is -2.14. The normalized spacial score (nSPS) is 10.0. The Kier molecular flexibility index (Phi) is 4.75. The Morgan fingerprint density at radius 3 is 2.57 bits per heavy atom. The van der Waals surface area contributed by atoms with Crippen molar-refractivity contribution < 1.29 is 14.3 Å². The number of halogens is 1. The lowest BCUT2D eigenvalue weighted by atomic mass is 10.1. The molecule has 0 fully saturated rings. The number of amides is 1. The van der Waals surface area contributed by atoms with Crippen molar-refractivity contribution in [1.82, 2.24) is 0 Å². The number of rotatable bonds is 3. The molecule has 1 amide bonds. The summed E-state index contributed by atoms with van der Waals surface area (Å²) in [5, 5.41) is 2.74. The fraction of sp³-hybridized carbons (Fsp3) is 0.125. The number of aryl methyl sites for hydroxylation is 1. The van der Waals surface area contributed by atoms with Gasteiger partial charge in [-0.3, -0.25) is 4.79 Å². The maximum Gasteiger partial charge on any atom is 0.339 e. The predicted octanol–water partition coefficient (Wildman–Crippen LogP) is 3.80. The molecule has 2 aromatic rings. The lowest BCUT2D eigenvalue weighted by Crippen LogP contribution is -2.15. The topological polar surface area (TPSA) is 55.4 Å². The van der Waals surface area contributed by atoms with Crippen LogP contribution in [0.3, 0.4) is 0 Å². The number of anilines is 1. The van der Waals surface area contributed by atoms with Crippen LogP contribution in [0.4, 0.5) is 5.69 Å². The summed E-state index contributed by atoms with van der Waals surface area (Å²) in [4.78, 5) is 24.0. The second kappa shape index (κ2) is 6.54. The van der Waals surface area contributed by atoms with Crippen molar-refractivity contribution in [2.24, 2.45) is 0 Å². The van der Waals surface area contributed by atoms with Crippen LogP contribution in [0.2, 0.25) is 0 Å². The lowest BCUT2D eigenvalue weighted by molar-refractivity contribution is 0.0602. The molecule has 4 nitrogen and oxygen atoms in total. The molecule has 2 rings (SSSR count). The van der Waals surface area contributed by atoms with E-state index in [1.807, 2.05) is 19.1 Å². The molecule has 1 N–H and O–H groups in total. The minimum Gasteiger partial charge on any atom is -0.465 e. The molecule has 0 bridgehead atoms. The first-order valence-electron chi connectivity index (χ1n) is 6.27. The number of benzene rings is 2. The van der Waals surface area contributed by atoms with Gasteiger partial charge in [-0.05, 0) is 37.3 Å². The summed E-state index contributed by atoms with van der Waals surface area (Å²) < 4.78 is 5.55. The van der Waals surface area contributed by atoms with E-state index in [1.165, 1.54) is 7.11 Å². The van der Waals surface area contributed by atoms with Gasteiger partial charge in [-0.1, -0.05) is 33.6 Å². The van der Waals surface area contributed by atoms with E-state index in [0.717, 1.165) is 10.0 Å². The second-order valence-electron chi connectivity index (χ2n) is 4.51. The minimum atomic E-state index is -0.483. The minimum absolute atomic E-state index is 0.287. The smallest absolute Gasteiger partial charge is 0.339 e. The summed E-state index contributed by atoms with van der Waals surface area (Å²) >= 11 is 3.32. The van der Waals surface area contributed by atoms with Crippen LogP contribution in [0.15, 0.2) is 46.9 Å². The maximum absolute atomic E-state index is 12.2. The zero-order valence-electron chi connectivity index (χ0n) is 11.6. The Bertz CT molecular complexity index is 698. The third kappa shape index (κ3) is 3.70. The van der Waals surface area contributed by atoms with E-state index in [9.17, 15) is 9.59 Å². The molecule has 0 atom stereocenters. The molecule has 5 heteroatoms. The molecule has 0 aromatic heterocycles. The van der Waals surface area contributed by atoms with Crippen molar-refractivity contribution in [3.05, 3.63) is 63.6 Å². The van der Waals surface area contributed by atoms with Crippen LogP contribution in [0.1, 0.15) is 26.3 Å². The fourth-order valence-electron chi connectivity index (χ4n) is 1.87. The quantitative estimate of drug-likeness (QED) is 0.859. The van der Waals surface area contributed by atoms with Crippen molar-refractivity contribution in [2.45, 2.75) is 6.92 Å². The Morgan fingerprint density at radius 1 is 1.14 bits per heavy atom. The van der Waals surface area contributed by atoms with Gasteiger partial charge in [0, 0.05) is 10.0 Å². The molecule has 2 aromatic carbocycles. The van der Waals surface area contributed by atoms with Crippen LogP contribution in [-0.2, 0) is 4.74 Å². The van der Waals surface area contributed by atoms with Gasteiger partial charge in [-0.25, -0.2) is 4.79 Å². The Balaban J connectivity index is 2.31. The molecular weight excluding hydrogens is 334 g/mol. The number of hydrogen-bond acceptors (Lipinski definition) is 3. The van der Waals surface area contributed by atoms with Crippen LogP contribution in [0.25, 0.3) is 0 Å². The molecule has 0 saturated carbocycles. The molecule has 0 heterocycles. The van der Waals surface area contributed by atoms with Crippen LogP contribution < -0.4 is 5.32 Å². The average molecular weight is 348 g/mol. The van der Waals surface area contributed by atoms with Gasteiger partial charge in [0.25, 0.3) is 5.91 Å². The van der Waals surface area contributed by atoms with Crippen molar-refractivity contribution in [2.75, 3.05) is 12.4 Å². The molecule has 0 spiro atoms. The molecule has 0 aliphatic rings. The molecule has 0 saturated heterocycles. The number of hydrogen-bond donors (Lipinski definition) is 1. The SMILES string of the molecule is COC(=O)c1cc(C)ccc1NC(=O)c1cccc(Br)c1. The van der Waals surface area contributed by atoms with Gasteiger partial charge in [0.15, 0.2) is 0 Å². The maximum atomic E-state index is 12.2. The predicted molar refractivity (Wildman–Crippen MR) is 84.6 cm³/mol. The molecular formula is C16H14BrNO3. The van der Waals surface area contributed by atoms with Gasteiger partial charge >= 0.3 is 5.97 Å². The largest absolute Gasteiger partial charge is 0.465 e. The number of nitrogens with one attached hydrogen (secondary N) is 1. The first-order chi connectivity index (χ1) is 10.0. The first kappa shape index (κ1) is 15.3. The van der Waals surface area contributed by atoms with Crippen LogP contribution >= 0.6 is 15.9 Å². The number of carbonyl (C=O) groups excluding carboxylic acids is 2. The van der Waals surface area contributed by atoms with Crippen molar-refractivity contribution in [3.63, 3.8) is 0 Å². The van der Waals surface area contributed by atoms with Gasteiger partial charge in [0.2, 0.25) is 0 Å². The molecule has 0 unspecified atom stereocenters. The van der Waals surface area contributed by atoms with E-state index in [-0.39, 0.29) is 5.91 Å². The van der Waals surface area contributed by atoms with Gasteiger partial charge in [0.1, 0.15) is 0 Å². The Labute approximate surface area is 131 Å². The van der Waals surface area contributed by atoms with Crippen LogP contribution in [0.5, 0.6) is 0 Å². The highest BCUT2D eigenvalue weighted by atomic mass is 79.9. The molecule has 0 aliphatic carbocycles. The van der Waals surface area contributed by atoms with Crippen LogP contribution in [-0.4, -0.2) is 19.0 Å². The summed E-state index contributed by atoms with van der Waals surface area (Å²) in [6.45, 7) is 1.87. The van der Waals surface area contributed by atoms with Gasteiger partial charge in [0.05, 0.1) is 18.4 Å². The summed E-state index contributed by atoms with van der Waals surface area (Å²) in [6, 6.07) is 12.2. The third-order valence-electron chi connectivity index (χ3n) is 2.92. The van der Waals surface area contributed by atoms with E-state index in [0.29, 0.717) is 16.8 Å². The van der Waals surface area contributed by atoms with E-state index >= 15 is 0 Å². The van der Waals surface area contributed by atoms with Crippen molar-refractivity contribution in [1.29, 1.82) is 0 Å². The monoisotopic (exact) mass is 347 g/mol. The third-order valence-corrected chi connectivity index (χ3v) is 3.41. The zero-order valence-corrected chi connectivity index (χ0v) is 13.2. The Morgan fingerprint density at radius 2 is 1.90 bits per heavy atom. The average Bonchev–Trinajstić information content (AvgIpc) is 2.48. The van der Waals surface area contributed by atoms with Crippen molar-refractivity contribution >= 4 is 33.5 Å². The zero-order chi connectivity index (χ0) is 15.4. The number of esters is 1. The first-order valence-corrected chi connectivity index (χ1v) is 7.06. The summed E-state index contributed by atoms with van der Waals surface area (Å²) in [7, 11) is 1.31. The van der Waals surface area contributed by atoms with E-state index in [1.54, 1.807) is 30.3 Å². The standard InChI is InChI=1S/C16H14BrNO3/c1-10-6-7-14(13(8-10)16(20)21-2)18-15(19)11-4-3-5-12(17)9-11/h3-9H,1-2H3,(H,18,19).